The zero-order chi connectivity index (χ0) is 23.1. The SMILES string of the molecule is O=C1C(=O)N(c2ccccc2O)C(c2ccc(O)cc2)/C1=C(/O)c1ccc2c(c1)CCCC2. The Balaban J connectivity index is 1.71. The molecule has 3 aromatic carbocycles. The Morgan fingerprint density at radius 3 is 2.27 bits per heavy atom. The number of aliphatic hydroxyl groups is 1. The molecule has 0 aromatic heterocycles. The van der Waals surface area contributed by atoms with E-state index in [1.165, 1.54) is 28.7 Å². The lowest BCUT2D eigenvalue weighted by molar-refractivity contribution is -0.132. The number of phenols is 2. The zero-order valence-corrected chi connectivity index (χ0v) is 17.9. The minimum atomic E-state index is -0.963. The lowest BCUT2D eigenvalue weighted by Crippen LogP contribution is -2.29. The standard InChI is InChI=1S/C27H23NO5/c29-20-13-11-17(12-14-20)24-23(25(31)19-10-9-16-5-1-2-6-18(16)15-19)26(32)27(33)28(24)21-7-3-4-8-22(21)30/h3-4,7-15,24,29-31H,1-2,5-6H2/b25-23-. The van der Waals surface area contributed by atoms with E-state index in [9.17, 15) is 24.9 Å². The summed E-state index contributed by atoms with van der Waals surface area (Å²) in [7, 11) is 0. The number of nitrogens with zero attached hydrogens (tertiary/aromatic N) is 1. The fraction of sp³-hybridized carbons (Fsp3) is 0.185. The van der Waals surface area contributed by atoms with Crippen LogP contribution in [-0.4, -0.2) is 27.0 Å². The molecule has 1 unspecified atom stereocenters. The van der Waals surface area contributed by atoms with Gasteiger partial charge in [0.25, 0.3) is 11.7 Å². The number of rotatable bonds is 3. The third kappa shape index (κ3) is 3.53. The van der Waals surface area contributed by atoms with Crippen LogP contribution in [-0.2, 0) is 22.4 Å². The van der Waals surface area contributed by atoms with Crippen molar-refractivity contribution in [1.29, 1.82) is 0 Å². The van der Waals surface area contributed by atoms with Gasteiger partial charge in [0.2, 0.25) is 0 Å². The lowest BCUT2D eigenvalue weighted by atomic mass is 9.88. The second-order valence-corrected chi connectivity index (χ2v) is 8.44. The molecule has 3 N–H and O–H groups in total. The zero-order valence-electron chi connectivity index (χ0n) is 17.9. The molecule has 0 radical (unpaired) electrons. The summed E-state index contributed by atoms with van der Waals surface area (Å²) in [4.78, 5) is 27.6. The number of aryl methyl sites for hydroxylation is 2. The molecule has 3 aromatic rings. The number of aromatic hydroxyl groups is 2. The summed E-state index contributed by atoms with van der Waals surface area (Å²) < 4.78 is 0. The van der Waals surface area contributed by atoms with E-state index >= 15 is 0 Å². The van der Waals surface area contributed by atoms with Crippen molar-refractivity contribution in [3.8, 4) is 11.5 Å². The van der Waals surface area contributed by atoms with Gasteiger partial charge in [-0.3, -0.25) is 14.5 Å². The summed E-state index contributed by atoms with van der Waals surface area (Å²) in [6.45, 7) is 0. The molecule has 1 atom stereocenters. The summed E-state index contributed by atoms with van der Waals surface area (Å²) in [6, 6.07) is 17.1. The highest BCUT2D eigenvalue weighted by Crippen LogP contribution is 2.45. The normalized spacial score (nSPS) is 19.5. The number of carbonyl (C=O) groups is 2. The van der Waals surface area contributed by atoms with Gasteiger partial charge in [0, 0.05) is 5.56 Å². The van der Waals surface area contributed by atoms with E-state index in [1.807, 2.05) is 12.1 Å². The van der Waals surface area contributed by atoms with Gasteiger partial charge in [-0.25, -0.2) is 0 Å². The summed E-state index contributed by atoms with van der Waals surface area (Å²) in [6.07, 6.45) is 4.10. The maximum Gasteiger partial charge on any atom is 0.300 e. The Morgan fingerprint density at radius 2 is 1.55 bits per heavy atom. The quantitative estimate of drug-likeness (QED) is 0.313. The van der Waals surface area contributed by atoms with Gasteiger partial charge in [-0.1, -0.05) is 36.4 Å². The first kappa shape index (κ1) is 20.8. The molecule has 1 fully saturated rings. The molecule has 0 saturated carbocycles. The smallest absolute Gasteiger partial charge is 0.300 e. The van der Waals surface area contributed by atoms with Gasteiger partial charge in [-0.2, -0.15) is 0 Å². The highest BCUT2D eigenvalue weighted by molar-refractivity contribution is 6.51. The Morgan fingerprint density at radius 1 is 0.848 bits per heavy atom. The Labute approximate surface area is 191 Å². The molecule has 2 aliphatic rings. The number of para-hydroxylation sites is 2. The fourth-order valence-electron chi connectivity index (χ4n) is 4.76. The maximum atomic E-state index is 13.2. The molecule has 1 aliphatic carbocycles. The molecule has 1 saturated heterocycles. The van der Waals surface area contributed by atoms with Crippen LogP contribution in [0.4, 0.5) is 5.69 Å². The molecule has 1 aliphatic heterocycles. The first-order chi connectivity index (χ1) is 16.0. The number of amides is 1. The van der Waals surface area contributed by atoms with Gasteiger partial charge in [0.15, 0.2) is 0 Å². The number of hydrogen-bond donors (Lipinski definition) is 3. The van der Waals surface area contributed by atoms with Crippen molar-refractivity contribution in [2.24, 2.45) is 0 Å². The number of carbonyl (C=O) groups excluding carboxylic acids is 2. The first-order valence-electron chi connectivity index (χ1n) is 11.0. The van der Waals surface area contributed by atoms with Crippen molar-refractivity contribution < 1.29 is 24.9 Å². The van der Waals surface area contributed by atoms with Crippen molar-refractivity contribution in [1.82, 2.24) is 0 Å². The van der Waals surface area contributed by atoms with Crippen LogP contribution in [0.15, 0.2) is 72.3 Å². The van der Waals surface area contributed by atoms with Crippen LogP contribution in [0, 0.1) is 0 Å². The van der Waals surface area contributed by atoms with Crippen molar-refractivity contribution in [3.05, 3.63) is 94.6 Å². The van der Waals surface area contributed by atoms with Crippen molar-refractivity contribution in [2.45, 2.75) is 31.7 Å². The fourth-order valence-corrected chi connectivity index (χ4v) is 4.76. The van der Waals surface area contributed by atoms with Crippen LogP contribution in [0.25, 0.3) is 5.76 Å². The third-order valence-electron chi connectivity index (χ3n) is 6.42. The van der Waals surface area contributed by atoms with Crippen molar-refractivity contribution in [2.75, 3.05) is 4.90 Å². The lowest BCUT2D eigenvalue weighted by Gasteiger charge is -2.26. The van der Waals surface area contributed by atoms with Gasteiger partial charge in [-0.05, 0) is 72.7 Å². The molecule has 33 heavy (non-hydrogen) atoms. The predicted molar refractivity (Wildman–Crippen MR) is 124 cm³/mol. The second-order valence-electron chi connectivity index (χ2n) is 8.44. The number of ketones is 1. The molecule has 6 nitrogen and oxygen atoms in total. The highest BCUT2D eigenvalue weighted by atomic mass is 16.3. The molecule has 0 spiro atoms. The Hall–Kier alpha value is -4.06. The van der Waals surface area contributed by atoms with Crippen LogP contribution >= 0.6 is 0 Å². The van der Waals surface area contributed by atoms with Crippen molar-refractivity contribution >= 4 is 23.1 Å². The van der Waals surface area contributed by atoms with Crippen LogP contribution in [0.3, 0.4) is 0 Å². The van der Waals surface area contributed by atoms with Gasteiger partial charge < -0.3 is 15.3 Å². The number of Topliss-reactive ketones (excluding diaryl/α,β-unsaturated/α-hetero) is 1. The van der Waals surface area contributed by atoms with E-state index in [0.717, 1.165) is 31.2 Å². The summed E-state index contributed by atoms with van der Waals surface area (Å²) in [5, 5.41) is 31.5. The van der Waals surface area contributed by atoms with E-state index in [1.54, 1.807) is 36.4 Å². The molecule has 6 heteroatoms. The van der Waals surface area contributed by atoms with E-state index in [4.69, 9.17) is 0 Å². The molecular weight excluding hydrogens is 418 g/mol. The average molecular weight is 441 g/mol. The van der Waals surface area contributed by atoms with Gasteiger partial charge in [0.05, 0.1) is 17.3 Å². The van der Waals surface area contributed by atoms with E-state index in [-0.39, 0.29) is 28.5 Å². The van der Waals surface area contributed by atoms with Gasteiger partial charge >= 0.3 is 0 Å². The number of hydrogen-bond acceptors (Lipinski definition) is 5. The highest BCUT2D eigenvalue weighted by Gasteiger charge is 2.47. The minimum Gasteiger partial charge on any atom is -0.508 e. The van der Waals surface area contributed by atoms with E-state index < -0.39 is 17.7 Å². The maximum absolute atomic E-state index is 13.2. The molecule has 166 valence electrons. The minimum absolute atomic E-state index is 0.0351. The topological polar surface area (TPSA) is 98.1 Å². The number of aliphatic hydroxyl groups excluding tert-OH is 1. The van der Waals surface area contributed by atoms with E-state index in [0.29, 0.717) is 11.1 Å². The van der Waals surface area contributed by atoms with Gasteiger partial charge in [0.1, 0.15) is 17.3 Å². The number of benzene rings is 3. The van der Waals surface area contributed by atoms with Crippen LogP contribution in [0.5, 0.6) is 11.5 Å². The summed E-state index contributed by atoms with van der Waals surface area (Å²) >= 11 is 0. The monoisotopic (exact) mass is 441 g/mol. The second kappa shape index (κ2) is 8.13. The van der Waals surface area contributed by atoms with Crippen LogP contribution < -0.4 is 4.90 Å². The van der Waals surface area contributed by atoms with Crippen LogP contribution in [0.1, 0.15) is 41.1 Å². The summed E-state index contributed by atoms with van der Waals surface area (Å²) in [5.41, 5.74) is 3.50. The number of fused-ring (bicyclic) bond motifs is 1. The number of anilines is 1. The third-order valence-corrected chi connectivity index (χ3v) is 6.42. The molecule has 1 amide bonds. The molecule has 1 heterocycles. The Bertz CT molecular complexity index is 1290. The largest absolute Gasteiger partial charge is 0.508 e. The van der Waals surface area contributed by atoms with Gasteiger partial charge in [-0.15, -0.1) is 0 Å². The van der Waals surface area contributed by atoms with E-state index in [2.05, 4.69) is 0 Å². The van der Waals surface area contributed by atoms with Crippen LogP contribution in [0.2, 0.25) is 0 Å². The van der Waals surface area contributed by atoms with Crippen molar-refractivity contribution in [3.63, 3.8) is 0 Å². The Kier molecular flexibility index (Phi) is 5.13. The predicted octanol–water partition coefficient (Wildman–Crippen LogP) is 4.60. The first-order valence-corrected chi connectivity index (χ1v) is 11.0. The molecule has 5 rings (SSSR count). The molecule has 0 bridgehead atoms. The molecular formula is C27H23NO5. The summed E-state index contributed by atoms with van der Waals surface area (Å²) in [5.74, 6) is -2.04. The average Bonchev–Trinajstić information content (AvgIpc) is 3.09. The number of phenolic OH excluding ortho intramolecular Hbond substituents is 2.